The zero-order valence-electron chi connectivity index (χ0n) is 19.9. The van der Waals surface area contributed by atoms with Crippen LogP contribution in [0.1, 0.15) is 49.4 Å². The van der Waals surface area contributed by atoms with Crippen molar-refractivity contribution in [2.24, 2.45) is 0 Å². The molecule has 1 N–H and O–H groups in total. The summed E-state index contributed by atoms with van der Waals surface area (Å²) in [5.41, 5.74) is 2.26. The van der Waals surface area contributed by atoms with Crippen molar-refractivity contribution in [2.75, 3.05) is 26.9 Å². The van der Waals surface area contributed by atoms with E-state index in [-0.39, 0.29) is 30.6 Å². The SMILES string of the molecule is CCCCOc1ccc(C2C(=C(O)c3ccc4c(c3)CC(C)O4)C(=O)C(=O)N2CCOC)cc1. The Hall–Kier alpha value is -3.32. The van der Waals surface area contributed by atoms with Crippen molar-refractivity contribution in [3.63, 3.8) is 0 Å². The number of ketones is 1. The molecule has 4 rings (SSSR count). The molecule has 0 saturated carbocycles. The summed E-state index contributed by atoms with van der Waals surface area (Å²) in [5, 5.41) is 11.3. The smallest absolute Gasteiger partial charge is 0.295 e. The van der Waals surface area contributed by atoms with Crippen LogP contribution in [-0.4, -0.2) is 54.7 Å². The lowest BCUT2D eigenvalue weighted by molar-refractivity contribution is -0.140. The Morgan fingerprint density at radius 2 is 1.91 bits per heavy atom. The van der Waals surface area contributed by atoms with Crippen molar-refractivity contribution in [1.82, 2.24) is 4.90 Å². The van der Waals surface area contributed by atoms with Gasteiger partial charge in [-0.15, -0.1) is 0 Å². The van der Waals surface area contributed by atoms with Gasteiger partial charge in [0.15, 0.2) is 0 Å². The van der Waals surface area contributed by atoms with Crippen LogP contribution in [0.5, 0.6) is 11.5 Å². The average molecular weight is 466 g/mol. The fourth-order valence-corrected chi connectivity index (χ4v) is 4.45. The predicted octanol–water partition coefficient (Wildman–Crippen LogP) is 4.26. The molecule has 2 aromatic carbocycles. The fourth-order valence-electron chi connectivity index (χ4n) is 4.45. The van der Waals surface area contributed by atoms with Crippen LogP contribution < -0.4 is 9.47 Å². The zero-order valence-corrected chi connectivity index (χ0v) is 19.9. The molecular formula is C27H31NO6. The third-order valence-electron chi connectivity index (χ3n) is 6.21. The molecule has 180 valence electrons. The number of rotatable bonds is 9. The summed E-state index contributed by atoms with van der Waals surface area (Å²) in [6.45, 7) is 5.21. The molecule has 34 heavy (non-hydrogen) atoms. The van der Waals surface area contributed by atoms with Gasteiger partial charge in [-0.25, -0.2) is 0 Å². The molecular weight excluding hydrogens is 434 g/mol. The highest BCUT2D eigenvalue weighted by atomic mass is 16.5. The number of methoxy groups -OCH3 is 1. The Kier molecular flexibility index (Phi) is 7.22. The van der Waals surface area contributed by atoms with Gasteiger partial charge in [-0.05, 0) is 54.8 Å². The van der Waals surface area contributed by atoms with Crippen LogP contribution in [0.3, 0.4) is 0 Å². The molecule has 7 heteroatoms. The first-order chi connectivity index (χ1) is 16.4. The minimum absolute atomic E-state index is 0.0603. The van der Waals surface area contributed by atoms with Crippen LogP contribution in [-0.2, 0) is 20.7 Å². The first kappa shape index (κ1) is 23.8. The van der Waals surface area contributed by atoms with Crippen molar-refractivity contribution in [2.45, 2.75) is 45.3 Å². The van der Waals surface area contributed by atoms with E-state index in [0.717, 1.165) is 41.9 Å². The number of carbonyl (C=O) groups excluding carboxylic acids is 2. The van der Waals surface area contributed by atoms with Crippen LogP contribution in [0.2, 0.25) is 0 Å². The number of aliphatic hydroxyl groups is 1. The van der Waals surface area contributed by atoms with E-state index in [1.54, 1.807) is 19.2 Å². The Labute approximate surface area is 199 Å². The standard InChI is InChI=1S/C27H31NO6/c1-4-5-13-33-21-9-6-18(7-10-21)24-23(26(30)27(31)28(24)12-14-32-3)25(29)19-8-11-22-20(16-19)15-17(2)34-22/h6-11,16-17,24,29H,4-5,12-15H2,1-3H3. The summed E-state index contributed by atoms with van der Waals surface area (Å²) in [4.78, 5) is 27.5. The first-order valence-corrected chi connectivity index (χ1v) is 11.7. The number of benzene rings is 2. The third-order valence-corrected chi connectivity index (χ3v) is 6.21. The van der Waals surface area contributed by atoms with E-state index in [0.29, 0.717) is 12.2 Å². The van der Waals surface area contributed by atoms with Gasteiger partial charge in [0.25, 0.3) is 11.7 Å². The van der Waals surface area contributed by atoms with Gasteiger partial charge in [0, 0.05) is 25.6 Å². The first-order valence-electron chi connectivity index (χ1n) is 11.7. The number of aliphatic hydroxyl groups excluding tert-OH is 1. The number of Topliss-reactive ketones (excluding diaryl/α,β-unsaturated/α-hetero) is 1. The number of nitrogens with zero attached hydrogens (tertiary/aromatic N) is 1. The van der Waals surface area contributed by atoms with Crippen molar-refractivity contribution >= 4 is 17.4 Å². The monoisotopic (exact) mass is 465 g/mol. The van der Waals surface area contributed by atoms with Gasteiger partial charge >= 0.3 is 0 Å². The van der Waals surface area contributed by atoms with Gasteiger partial charge < -0.3 is 24.2 Å². The molecule has 0 spiro atoms. The van der Waals surface area contributed by atoms with Gasteiger partial charge in [0.2, 0.25) is 0 Å². The molecule has 0 aliphatic carbocycles. The molecule has 2 aliphatic heterocycles. The average Bonchev–Trinajstić information content (AvgIpc) is 3.33. The lowest BCUT2D eigenvalue weighted by atomic mass is 9.94. The van der Waals surface area contributed by atoms with Crippen molar-refractivity contribution < 1.29 is 28.9 Å². The lowest BCUT2D eigenvalue weighted by Gasteiger charge is -2.25. The second-order valence-corrected chi connectivity index (χ2v) is 8.71. The van der Waals surface area contributed by atoms with Gasteiger partial charge in [-0.1, -0.05) is 25.5 Å². The van der Waals surface area contributed by atoms with Crippen molar-refractivity contribution in [3.05, 3.63) is 64.7 Å². The van der Waals surface area contributed by atoms with Crippen LogP contribution >= 0.6 is 0 Å². The van der Waals surface area contributed by atoms with E-state index in [4.69, 9.17) is 14.2 Å². The molecule has 2 aliphatic rings. The van der Waals surface area contributed by atoms with Crippen LogP contribution in [0.4, 0.5) is 0 Å². The number of amides is 1. The Balaban J connectivity index is 1.73. The Morgan fingerprint density at radius 1 is 1.15 bits per heavy atom. The van der Waals surface area contributed by atoms with E-state index < -0.39 is 17.7 Å². The maximum Gasteiger partial charge on any atom is 0.295 e. The highest BCUT2D eigenvalue weighted by molar-refractivity contribution is 6.46. The number of unbranched alkanes of at least 4 members (excludes halogenated alkanes) is 1. The molecule has 0 bridgehead atoms. The zero-order chi connectivity index (χ0) is 24.2. The second-order valence-electron chi connectivity index (χ2n) is 8.71. The Bertz CT molecular complexity index is 1090. The van der Waals surface area contributed by atoms with E-state index in [9.17, 15) is 14.7 Å². The molecule has 1 fully saturated rings. The second kappa shape index (κ2) is 10.3. The molecule has 1 saturated heterocycles. The van der Waals surface area contributed by atoms with Gasteiger partial charge in [0.05, 0.1) is 24.8 Å². The molecule has 2 heterocycles. The number of likely N-dealkylation sites (tertiary alicyclic amines) is 1. The molecule has 0 aromatic heterocycles. The molecule has 2 atom stereocenters. The summed E-state index contributed by atoms with van der Waals surface area (Å²) in [6.07, 6.45) is 2.79. The number of carbonyl (C=O) groups is 2. The maximum atomic E-state index is 13.1. The summed E-state index contributed by atoms with van der Waals surface area (Å²) in [7, 11) is 1.54. The summed E-state index contributed by atoms with van der Waals surface area (Å²) in [6, 6.07) is 12.0. The molecule has 7 nitrogen and oxygen atoms in total. The predicted molar refractivity (Wildman–Crippen MR) is 128 cm³/mol. The van der Waals surface area contributed by atoms with E-state index in [1.807, 2.05) is 37.3 Å². The van der Waals surface area contributed by atoms with E-state index >= 15 is 0 Å². The normalized spacial score (nSPS) is 21.0. The minimum atomic E-state index is -0.719. The van der Waals surface area contributed by atoms with E-state index in [1.165, 1.54) is 4.90 Å². The third kappa shape index (κ3) is 4.66. The molecule has 2 aromatic rings. The summed E-state index contributed by atoms with van der Waals surface area (Å²) >= 11 is 0. The summed E-state index contributed by atoms with van der Waals surface area (Å²) in [5.74, 6) is -0.0375. The van der Waals surface area contributed by atoms with Crippen LogP contribution in [0, 0.1) is 0 Å². The van der Waals surface area contributed by atoms with E-state index in [2.05, 4.69) is 6.92 Å². The number of fused-ring (bicyclic) bond motifs is 1. The quantitative estimate of drug-likeness (QED) is 0.258. The molecule has 0 radical (unpaired) electrons. The highest BCUT2D eigenvalue weighted by Crippen LogP contribution is 2.40. The van der Waals surface area contributed by atoms with Gasteiger partial charge in [-0.2, -0.15) is 0 Å². The topological polar surface area (TPSA) is 85.3 Å². The maximum absolute atomic E-state index is 13.1. The van der Waals surface area contributed by atoms with Gasteiger partial charge in [-0.3, -0.25) is 9.59 Å². The molecule has 1 amide bonds. The number of hydrogen-bond acceptors (Lipinski definition) is 6. The van der Waals surface area contributed by atoms with Gasteiger partial charge in [0.1, 0.15) is 23.4 Å². The molecule has 2 unspecified atom stereocenters. The lowest BCUT2D eigenvalue weighted by Crippen LogP contribution is -2.32. The van der Waals surface area contributed by atoms with Crippen LogP contribution in [0.15, 0.2) is 48.0 Å². The fraction of sp³-hybridized carbons (Fsp3) is 0.407. The van der Waals surface area contributed by atoms with Crippen molar-refractivity contribution in [1.29, 1.82) is 0 Å². The summed E-state index contributed by atoms with van der Waals surface area (Å²) < 4.78 is 16.7. The minimum Gasteiger partial charge on any atom is -0.507 e. The van der Waals surface area contributed by atoms with Crippen molar-refractivity contribution in [3.8, 4) is 11.5 Å². The highest BCUT2D eigenvalue weighted by Gasteiger charge is 2.46. The number of ether oxygens (including phenoxy) is 3. The number of hydrogen-bond donors (Lipinski definition) is 1. The largest absolute Gasteiger partial charge is 0.507 e. The Morgan fingerprint density at radius 3 is 2.62 bits per heavy atom. The van der Waals surface area contributed by atoms with Crippen LogP contribution in [0.25, 0.3) is 5.76 Å².